The van der Waals surface area contributed by atoms with E-state index in [1.807, 2.05) is 12.1 Å². The van der Waals surface area contributed by atoms with Crippen molar-refractivity contribution in [2.24, 2.45) is 0 Å². The van der Waals surface area contributed by atoms with Gasteiger partial charge in [-0.1, -0.05) is 30.3 Å². The van der Waals surface area contributed by atoms with Crippen LogP contribution in [0.2, 0.25) is 0 Å². The van der Waals surface area contributed by atoms with Gasteiger partial charge in [-0.2, -0.15) is 0 Å². The van der Waals surface area contributed by atoms with Crippen LogP contribution in [0.4, 0.5) is 14.9 Å². The predicted octanol–water partition coefficient (Wildman–Crippen LogP) is 2.74. The predicted molar refractivity (Wildman–Crippen MR) is 129 cm³/mol. The van der Waals surface area contributed by atoms with Crippen LogP contribution in [0.25, 0.3) is 17.0 Å². The van der Waals surface area contributed by atoms with E-state index in [0.717, 1.165) is 24.4 Å². The van der Waals surface area contributed by atoms with Gasteiger partial charge in [-0.25, -0.2) is 14.1 Å². The fraction of sp³-hybridized carbons (Fsp3) is 0.231. The minimum absolute atomic E-state index is 0.0200. The van der Waals surface area contributed by atoms with Crippen molar-refractivity contribution >= 4 is 46.4 Å². The number of hydrogen-bond donors (Lipinski definition) is 2. The Labute approximate surface area is 205 Å². The molecule has 1 unspecified atom stereocenters. The molecule has 184 valence electrons. The van der Waals surface area contributed by atoms with Crippen molar-refractivity contribution in [3.05, 3.63) is 71.7 Å². The number of carbonyl (C=O) groups is 4. The standard InChI is InChI=1S/C26H23FN4O5/c27-20-8-2-4-10-22(20)31-25(34)19(24(33)29-26(31)35)12-16-14-30(21-9-3-1-7-18(16)21)15-23(32)28-13-17-6-5-11-36-17/h1-4,7-10,12,14,17H,5-6,11,13,15H2,(H,28,32)(H,29,33,35). The van der Waals surface area contributed by atoms with E-state index in [-0.39, 0.29) is 29.8 Å². The number of rotatable bonds is 6. The number of benzene rings is 2. The molecule has 2 saturated heterocycles. The molecule has 5 rings (SSSR count). The molecular formula is C26H23FN4O5. The van der Waals surface area contributed by atoms with Gasteiger partial charge in [-0.3, -0.25) is 19.7 Å². The Balaban J connectivity index is 1.45. The lowest BCUT2D eigenvalue weighted by Gasteiger charge is -2.26. The number of barbiturate groups is 1. The van der Waals surface area contributed by atoms with Crippen LogP contribution in [0.5, 0.6) is 0 Å². The first-order valence-corrected chi connectivity index (χ1v) is 11.5. The molecule has 2 fully saturated rings. The molecule has 5 amide bonds. The van der Waals surface area contributed by atoms with Crippen molar-refractivity contribution in [3.8, 4) is 0 Å². The molecule has 1 aromatic heterocycles. The molecule has 10 heteroatoms. The Morgan fingerprint density at radius 2 is 1.92 bits per heavy atom. The molecule has 9 nitrogen and oxygen atoms in total. The van der Waals surface area contributed by atoms with Crippen molar-refractivity contribution in [1.82, 2.24) is 15.2 Å². The minimum atomic E-state index is -1.03. The van der Waals surface area contributed by atoms with Crippen molar-refractivity contribution in [1.29, 1.82) is 0 Å². The van der Waals surface area contributed by atoms with Gasteiger partial charge in [-0.05, 0) is 37.1 Å². The Kier molecular flexibility index (Phi) is 6.34. The smallest absolute Gasteiger partial charge is 0.336 e. The van der Waals surface area contributed by atoms with Crippen molar-refractivity contribution in [2.75, 3.05) is 18.1 Å². The van der Waals surface area contributed by atoms with E-state index in [9.17, 15) is 23.6 Å². The molecule has 0 aliphatic carbocycles. The lowest BCUT2D eigenvalue weighted by Crippen LogP contribution is -2.54. The highest BCUT2D eigenvalue weighted by molar-refractivity contribution is 6.39. The van der Waals surface area contributed by atoms with Gasteiger partial charge in [0.15, 0.2) is 0 Å². The van der Waals surface area contributed by atoms with E-state index in [0.29, 0.717) is 29.0 Å². The second-order valence-electron chi connectivity index (χ2n) is 8.58. The lowest BCUT2D eigenvalue weighted by atomic mass is 10.1. The summed E-state index contributed by atoms with van der Waals surface area (Å²) in [5.41, 5.74) is 0.633. The molecule has 3 aromatic rings. The zero-order valence-electron chi connectivity index (χ0n) is 19.2. The highest BCUT2D eigenvalue weighted by atomic mass is 19.1. The van der Waals surface area contributed by atoms with Crippen LogP contribution in [-0.4, -0.2) is 47.6 Å². The quantitative estimate of drug-likeness (QED) is 0.408. The van der Waals surface area contributed by atoms with Gasteiger partial charge in [0.1, 0.15) is 17.9 Å². The number of urea groups is 1. The summed E-state index contributed by atoms with van der Waals surface area (Å²) >= 11 is 0. The summed E-state index contributed by atoms with van der Waals surface area (Å²) in [6, 6.07) is 11.5. The largest absolute Gasteiger partial charge is 0.376 e. The Bertz CT molecular complexity index is 1410. The van der Waals surface area contributed by atoms with E-state index in [1.165, 1.54) is 24.3 Å². The number of nitrogens with zero attached hydrogens (tertiary/aromatic N) is 2. The van der Waals surface area contributed by atoms with Crippen molar-refractivity contribution in [2.45, 2.75) is 25.5 Å². The molecule has 3 heterocycles. The molecular weight excluding hydrogens is 467 g/mol. The number of para-hydroxylation sites is 2. The fourth-order valence-corrected chi connectivity index (χ4v) is 4.43. The van der Waals surface area contributed by atoms with Gasteiger partial charge in [0.05, 0.1) is 11.8 Å². The lowest BCUT2D eigenvalue weighted by molar-refractivity contribution is -0.123. The van der Waals surface area contributed by atoms with E-state index < -0.39 is 23.7 Å². The number of nitrogens with one attached hydrogen (secondary N) is 2. The average molecular weight is 490 g/mol. The zero-order chi connectivity index (χ0) is 25.2. The van der Waals surface area contributed by atoms with Crippen molar-refractivity contribution in [3.63, 3.8) is 0 Å². The molecule has 2 N–H and O–H groups in total. The van der Waals surface area contributed by atoms with Gasteiger partial charge in [0.25, 0.3) is 11.8 Å². The van der Waals surface area contributed by atoms with Crippen molar-refractivity contribution < 1.29 is 28.3 Å². The first-order valence-electron chi connectivity index (χ1n) is 11.5. The maximum Gasteiger partial charge on any atom is 0.336 e. The molecule has 2 aliphatic heterocycles. The number of amides is 5. The van der Waals surface area contributed by atoms with E-state index in [1.54, 1.807) is 22.9 Å². The molecule has 0 radical (unpaired) electrons. The highest BCUT2D eigenvalue weighted by Gasteiger charge is 2.38. The van der Waals surface area contributed by atoms with Crippen LogP contribution < -0.4 is 15.5 Å². The summed E-state index contributed by atoms with van der Waals surface area (Å²) in [7, 11) is 0. The number of hydrogen-bond acceptors (Lipinski definition) is 5. The summed E-state index contributed by atoms with van der Waals surface area (Å²) in [5, 5.41) is 5.68. The van der Waals surface area contributed by atoms with Gasteiger partial charge in [0, 0.05) is 35.8 Å². The maximum atomic E-state index is 14.3. The third-order valence-electron chi connectivity index (χ3n) is 6.18. The average Bonchev–Trinajstić information content (AvgIpc) is 3.50. The number of fused-ring (bicyclic) bond motifs is 1. The maximum absolute atomic E-state index is 14.3. The Hall–Kier alpha value is -4.31. The highest BCUT2D eigenvalue weighted by Crippen LogP contribution is 2.27. The summed E-state index contributed by atoms with van der Waals surface area (Å²) < 4.78 is 21.6. The number of carbonyl (C=O) groups excluding carboxylic acids is 4. The van der Waals surface area contributed by atoms with Gasteiger partial charge < -0.3 is 14.6 Å². The summed E-state index contributed by atoms with van der Waals surface area (Å²) in [6.07, 6.45) is 4.92. The molecule has 0 saturated carbocycles. The first-order chi connectivity index (χ1) is 17.4. The SMILES string of the molecule is O=C(Cn1cc(C=C2C(=O)NC(=O)N(c3ccccc3F)C2=O)c2ccccc21)NCC1CCCO1. The molecule has 0 bridgehead atoms. The van der Waals surface area contributed by atoms with E-state index in [4.69, 9.17) is 4.74 Å². The molecule has 2 aromatic carbocycles. The third kappa shape index (κ3) is 4.50. The number of halogens is 1. The van der Waals surface area contributed by atoms with Crippen LogP contribution in [0.15, 0.2) is 60.3 Å². The van der Waals surface area contributed by atoms with Gasteiger partial charge >= 0.3 is 6.03 Å². The Morgan fingerprint density at radius 3 is 2.69 bits per heavy atom. The normalized spacial score (nSPS) is 19.2. The number of aromatic nitrogens is 1. The summed E-state index contributed by atoms with van der Waals surface area (Å²) in [4.78, 5) is 51.3. The topological polar surface area (TPSA) is 110 Å². The van der Waals surface area contributed by atoms with Gasteiger partial charge in [-0.15, -0.1) is 0 Å². The monoisotopic (exact) mass is 490 g/mol. The zero-order valence-corrected chi connectivity index (χ0v) is 19.2. The molecule has 2 aliphatic rings. The summed E-state index contributed by atoms with van der Waals surface area (Å²) in [5.74, 6) is -2.81. The number of anilines is 1. The Morgan fingerprint density at radius 1 is 1.14 bits per heavy atom. The van der Waals surface area contributed by atoms with E-state index >= 15 is 0 Å². The van der Waals surface area contributed by atoms with Gasteiger partial charge in [0.2, 0.25) is 5.91 Å². The van der Waals surface area contributed by atoms with Crippen LogP contribution >= 0.6 is 0 Å². The van der Waals surface area contributed by atoms with Crippen LogP contribution in [-0.2, 0) is 25.7 Å². The number of ether oxygens (including phenoxy) is 1. The fourth-order valence-electron chi connectivity index (χ4n) is 4.43. The second-order valence-corrected chi connectivity index (χ2v) is 8.58. The first kappa shape index (κ1) is 23.4. The number of imide groups is 2. The minimum Gasteiger partial charge on any atom is -0.376 e. The second kappa shape index (κ2) is 9.74. The van der Waals surface area contributed by atoms with E-state index in [2.05, 4.69) is 10.6 Å². The molecule has 0 spiro atoms. The van der Waals surface area contributed by atoms with Crippen LogP contribution in [0, 0.1) is 5.82 Å². The summed E-state index contributed by atoms with van der Waals surface area (Å²) in [6.45, 7) is 1.16. The molecule has 1 atom stereocenters. The van der Waals surface area contributed by atoms with Crippen LogP contribution in [0.1, 0.15) is 18.4 Å². The van der Waals surface area contributed by atoms with Crippen LogP contribution in [0.3, 0.4) is 0 Å². The third-order valence-corrected chi connectivity index (χ3v) is 6.18. The molecule has 36 heavy (non-hydrogen) atoms.